The van der Waals surface area contributed by atoms with E-state index in [2.05, 4.69) is 28.1 Å². The minimum atomic E-state index is -0.0766. The number of morpholine rings is 1. The smallest absolute Gasteiger partial charge is 0.267 e. The normalized spacial score (nSPS) is 15.2. The fourth-order valence-corrected chi connectivity index (χ4v) is 5.08. The Hall–Kier alpha value is -2.68. The standard InChI is InChI=1S/C23H25N5O2S/c1-16-7-8-19(17(2)15-16)27-21(29)18-5-3-4-6-20(18)28-22(27)24-25-23(28)31-14-11-26-9-12-30-13-10-26/h3-8,15H,9-14H2,1-2H3. The minimum Gasteiger partial charge on any atom is -0.379 e. The summed E-state index contributed by atoms with van der Waals surface area (Å²) >= 11 is 1.67. The van der Waals surface area contributed by atoms with Gasteiger partial charge in [0, 0.05) is 25.4 Å². The molecule has 0 amide bonds. The van der Waals surface area contributed by atoms with Crippen molar-refractivity contribution in [2.45, 2.75) is 19.0 Å². The van der Waals surface area contributed by atoms with Crippen molar-refractivity contribution in [1.82, 2.24) is 24.1 Å². The summed E-state index contributed by atoms with van der Waals surface area (Å²) in [5, 5.41) is 10.4. The Labute approximate surface area is 184 Å². The van der Waals surface area contributed by atoms with E-state index in [1.54, 1.807) is 16.3 Å². The average Bonchev–Trinajstić information content (AvgIpc) is 3.20. The lowest BCUT2D eigenvalue weighted by Crippen LogP contribution is -2.37. The van der Waals surface area contributed by atoms with Gasteiger partial charge in [0.05, 0.1) is 29.8 Å². The molecule has 0 unspecified atom stereocenters. The number of thioether (sulfide) groups is 1. The lowest BCUT2D eigenvalue weighted by molar-refractivity contribution is 0.0410. The van der Waals surface area contributed by atoms with E-state index in [1.807, 2.05) is 47.7 Å². The van der Waals surface area contributed by atoms with Crippen LogP contribution in [-0.2, 0) is 4.74 Å². The molecule has 1 saturated heterocycles. The van der Waals surface area contributed by atoms with Gasteiger partial charge in [0.15, 0.2) is 5.16 Å². The summed E-state index contributed by atoms with van der Waals surface area (Å²) in [7, 11) is 0. The summed E-state index contributed by atoms with van der Waals surface area (Å²) in [6.45, 7) is 8.57. The number of hydrogen-bond acceptors (Lipinski definition) is 6. The Kier molecular flexibility index (Phi) is 5.52. The molecule has 31 heavy (non-hydrogen) atoms. The van der Waals surface area contributed by atoms with Crippen molar-refractivity contribution < 1.29 is 4.74 Å². The number of fused-ring (bicyclic) bond motifs is 3. The maximum atomic E-state index is 13.5. The van der Waals surface area contributed by atoms with Crippen LogP contribution in [0.25, 0.3) is 22.4 Å². The largest absolute Gasteiger partial charge is 0.379 e. The molecule has 0 N–H and O–H groups in total. The molecule has 1 aliphatic heterocycles. The number of aryl methyl sites for hydroxylation is 2. The topological polar surface area (TPSA) is 64.7 Å². The van der Waals surface area contributed by atoms with E-state index in [0.29, 0.717) is 11.2 Å². The third-order valence-corrected chi connectivity index (χ3v) is 6.64. The van der Waals surface area contributed by atoms with Crippen LogP contribution in [0.4, 0.5) is 0 Å². The Morgan fingerprint density at radius 1 is 1.06 bits per heavy atom. The fraction of sp³-hybridized carbons (Fsp3) is 0.348. The number of para-hydroxylation sites is 1. The molecular formula is C23H25N5O2S. The first-order valence-electron chi connectivity index (χ1n) is 10.5. The first-order chi connectivity index (χ1) is 15.1. The van der Waals surface area contributed by atoms with Crippen molar-refractivity contribution in [2.75, 3.05) is 38.6 Å². The van der Waals surface area contributed by atoms with Gasteiger partial charge in [-0.05, 0) is 37.6 Å². The second-order valence-corrected chi connectivity index (χ2v) is 8.93. The number of nitrogens with zero attached hydrogens (tertiary/aromatic N) is 5. The van der Waals surface area contributed by atoms with E-state index in [-0.39, 0.29) is 5.56 Å². The zero-order chi connectivity index (χ0) is 21.4. The van der Waals surface area contributed by atoms with Crippen LogP contribution >= 0.6 is 11.8 Å². The first-order valence-corrected chi connectivity index (χ1v) is 11.5. The molecule has 0 radical (unpaired) electrons. The van der Waals surface area contributed by atoms with E-state index in [9.17, 15) is 4.79 Å². The van der Waals surface area contributed by atoms with E-state index >= 15 is 0 Å². The number of hydrogen-bond donors (Lipinski definition) is 0. The monoisotopic (exact) mass is 435 g/mol. The number of ether oxygens (including phenoxy) is 1. The molecule has 8 heteroatoms. The van der Waals surface area contributed by atoms with Gasteiger partial charge < -0.3 is 4.74 Å². The molecule has 1 fully saturated rings. The van der Waals surface area contributed by atoms with Crippen LogP contribution in [0.5, 0.6) is 0 Å². The predicted octanol–water partition coefficient (Wildman–Crippen LogP) is 3.07. The predicted molar refractivity (Wildman–Crippen MR) is 124 cm³/mol. The minimum absolute atomic E-state index is 0.0766. The summed E-state index contributed by atoms with van der Waals surface area (Å²) in [4.78, 5) is 15.9. The van der Waals surface area contributed by atoms with E-state index in [4.69, 9.17) is 4.74 Å². The summed E-state index contributed by atoms with van der Waals surface area (Å²) < 4.78 is 9.14. The van der Waals surface area contributed by atoms with Gasteiger partial charge in [-0.25, -0.2) is 4.57 Å². The highest BCUT2D eigenvalue weighted by molar-refractivity contribution is 7.99. The van der Waals surface area contributed by atoms with Crippen LogP contribution in [0, 0.1) is 13.8 Å². The molecule has 7 nitrogen and oxygen atoms in total. The maximum absolute atomic E-state index is 13.5. The molecule has 1 aliphatic rings. The van der Waals surface area contributed by atoms with Gasteiger partial charge in [-0.1, -0.05) is 41.6 Å². The molecule has 0 saturated carbocycles. The third-order valence-electron chi connectivity index (χ3n) is 5.73. The Morgan fingerprint density at radius 3 is 2.68 bits per heavy atom. The molecule has 2 aromatic carbocycles. The SMILES string of the molecule is Cc1ccc(-n2c(=O)c3ccccc3n3c(SCCN4CCOCC4)nnc23)c(C)c1. The first kappa shape index (κ1) is 20.2. The Bertz CT molecular complexity index is 1310. The molecule has 0 atom stereocenters. The molecule has 0 aliphatic carbocycles. The zero-order valence-corrected chi connectivity index (χ0v) is 18.6. The lowest BCUT2D eigenvalue weighted by Gasteiger charge is -2.26. The van der Waals surface area contributed by atoms with Gasteiger partial charge in [0.1, 0.15) is 0 Å². The number of rotatable bonds is 5. The van der Waals surface area contributed by atoms with E-state index in [0.717, 1.165) is 66.1 Å². The molecule has 5 rings (SSSR count). The highest BCUT2D eigenvalue weighted by atomic mass is 32.2. The Morgan fingerprint density at radius 2 is 1.87 bits per heavy atom. The average molecular weight is 436 g/mol. The van der Waals surface area contributed by atoms with Crippen molar-refractivity contribution in [2.24, 2.45) is 0 Å². The number of aromatic nitrogens is 4. The zero-order valence-electron chi connectivity index (χ0n) is 17.7. The number of benzene rings is 2. The van der Waals surface area contributed by atoms with Gasteiger partial charge in [-0.2, -0.15) is 0 Å². The van der Waals surface area contributed by atoms with E-state index < -0.39 is 0 Å². The van der Waals surface area contributed by atoms with Crippen molar-refractivity contribution in [1.29, 1.82) is 0 Å². The molecule has 0 spiro atoms. The highest BCUT2D eigenvalue weighted by Crippen LogP contribution is 2.24. The van der Waals surface area contributed by atoms with Crippen LogP contribution in [0.1, 0.15) is 11.1 Å². The molecule has 0 bridgehead atoms. The van der Waals surface area contributed by atoms with Crippen molar-refractivity contribution >= 4 is 28.4 Å². The third kappa shape index (κ3) is 3.75. The summed E-state index contributed by atoms with van der Waals surface area (Å²) in [6, 6.07) is 13.8. The second-order valence-electron chi connectivity index (χ2n) is 7.87. The van der Waals surface area contributed by atoms with Crippen molar-refractivity contribution in [3.05, 3.63) is 63.9 Å². The van der Waals surface area contributed by atoms with Crippen LogP contribution in [0.15, 0.2) is 52.4 Å². The molecule has 3 heterocycles. The lowest BCUT2D eigenvalue weighted by atomic mass is 10.1. The van der Waals surface area contributed by atoms with Crippen molar-refractivity contribution in [3.8, 4) is 5.69 Å². The maximum Gasteiger partial charge on any atom is 0.267 e. The van der Waals surface area contributed by atoms with E-state index in [1.165, 1.54) is 0 Å². The molecule has 2 aromatic heterocycles. The molecular weight excluding hydrogens is 410 g/mol. The summed E-state index contributed by atoms with van der Waals surface area (Å²) in [5.41, 5.74) is 3.79. The Balaban J connectivity index is 1.61. The summed E-state index contributed by atoms with van der Waals surface area (Å²) in [5.74, 6) is 1.45. The molecule has 4 aromatic rings. The highest BCUT2D eigenvalue weighted by Gasteiger charge is 2.19. The van der Waals surface area contributed by atoms with Gasteiger partial charge in [0.2, 0.25) is 5.78 Å². The second kappa shape index (κ2) is 8.45. The van der Waals surface area contributed by atoms with Crippen molar-refractivity contribution in [3.63, 3.8) is 0 Å². The van der Waals surface area contributed by atoms with Crippen LogP contribution in [-0.4, -0.2) is 62.7 Å². The van der Waals surface area contributed by atoms with Gasteiger partial charge in [-0.15, -0.1) is 10.2 Å². The quantitative estimate of drug-likeness (QED) is 0.449. The fourth-order valence-electron chi connectivity index (χ4n) is 4.14. The van der Waals surface area contributed by atoms with Gasteiger partial charge in [0.25, 0.3) is 5.56 Å². The van der Waals surface area contributed by atoms with Gasteiger partial charge in [-0.3, -0.25) is 14.1 Å². The van der Waals surface area contributed by atoms with Gasteiger partial charge >= 0.3 is 0 Å². The van der Waals surface area contributed by atoms with Crippen LogP contribution in [0.3, 0.4) is 0 Å². The molecule has 160 valence electrons. The summed E-state index contributed by atoms with van der Waals surface area (Å²) in [6.07, 6.45) is 0. The van der Waals surface area contributed by atoms with Crippen LogP contribution < -0.4 is 5.56 Å². The van der Waals surface area contributed by atoms with Crippen LogP contribution in [0.2, 0.25) is 0 Å².